The van der Waals surface area contributed by atoms with Gasteiger partial charge >= 0.3 is 0 Å². The average Bonchev–Trinajstić information content (AvgIpc) is 3.39. The second-order valence-electron chi connectivity index (χ2n) is 12.7. The van der Waals surface area contributed by atoms with Gasteiger partial charge in [0.25, 0.3) is 0 Å². The Labute approximate surface area is 273 Å². The van der Waals surface area contributed by atoms with Crippen LogP contribution in [0.1, 0.15) is 34.7 Å². The molecule has 0 amide bonds. The maximum absolute atomic E-state index is 10.5. The van der Waals surface area contributed by atoms with Gasteiger partial charge < -0.3 is 55.2 Å². The lowest BCUT2D eigenvalue weighted by Gasteiger charge is -2.38. The summed E-state index contributed by atoms with van der Waals surface area (Å²) < 4.78 is 11.3. The smallest absolute Gasteiger partial charge is 0.147 e. The van der Waals surface area contributed by atoms with Crippen molar-refractivity contribution < 1.29 is 50.3 Å². The van der Waals surface area contributed by atoms with Gasteiger partial charge in [0.05, 0.1) is 18.8 Å². The fourth-order valence-corrected chi connectivity index (χ4v) is 6.83. The Morgan fingerprint density at radius 1 is 0.660 bits per heavy atom. The summed E-state index contributed by atoms with van der Waals surface area (Å²) >= 11 is 0. The number of aliphatic hydroxyl groups excluding tert-OH is 8. The summed E-state index contributed by atoms with van der Waals surface area (Å²) in [5.41, 5.74) is 5.59. The van der Waals surface area contributed by atoms with Gasteiger partial charge in [0.15, 0.2) is 0 Å². The number of ether oxygens (including phenoxy) is 2. The molecule has 252 valence electrons. The molecule has 12 nitrogen and oxygen atoms in total. The van der Waals surface area contributed by atoms with E-state index in [0.29, 0.717) is 11.1 Å². The lowest BCUT2D eigenvalue weighted by molar-refractivity contribution is -0.214. The van der Waals surface area contributed by atoms with E-state index in [9.17, 15) is 40.9 Å². The molecule has 12 heteroatoms. The molecular formula is C35H42N2O10. The lowest BCUT2D eigenvalue weighted by Crippen LogP contribution is -2.58. The quantitative estimate of drug-likeness (QED) is 0.167. The molecule has 11 atom stereocenters. The first-order chi connectivity index (χ1) is 22.6. The topological polar surface area (TPSA) is 187 Å². The molecule has 6 rings (SSSR count). The Kier molecular flexibility index (Phi) is 10.3. The zero-order valence-electron chi connectivity index (χ0n) is 26.1. The molecule has 2 aromatic carbocycles. The van der Waals surface area contributed by atoms with Gasteiger partial charge in [-0.2, -0.15) is 0 Å². The van der Waals surface area contributed by atoms with Gasteiger partial charge in [0, 0.05) is 43.9 Å². The third kappa shape index (κ3) is 6.71. The number of fused-ring (bicyclic) bond motifs is 3. The van der Waals surface area contributed by atoms with Crippen LogP contribution in [0.15, 0.2) is 36.4 Å². The molecular weight excluding hydrogens is 608 g/mol. The van der Waals surface area contributed by atoms with Crippen molar-refractivity contribution in [2.24, 2.45) is 0 Å². The maximum Gasteiger partial charge on any atom is 0.147 e. The fraction of sp³-hybridized carbons (Fsp3) is 0.543. The van der Waals surface area contributed by atoms with Gasteiger partial charge in [-0.3, -0.25) is 4.90 Å². The molecule has 8 N–H and O–H groups in total. The van der Waals surface area contributed by atoms with Crippen LogP contribution < -0.4 is 0 Å². The zero-order chi connectivity index (χ0) is 33.4. The van der Waals surface area contributed by atoms with Gasteiger partial charge in [-0.25, -0.2) is 0 Å². The first kappa shape index (κ1) is 34.0. The van der Waals surface area contributed by atoms with Crippen molar-refractivity contribution in [1.29, 1.82) is 0 Å². The summed E-state index contributed by atoms with van der Waals surface area (Å²) in [4.78, 5) is 4.70. The highest BCUT2D eigenvalue weighted by molar-refractivity contribution is 5.80. The largest absolute Gasteiger partial charge is 0.396 e. The molecule has 3 heterocycles. The number of hydrogen-bond acceptors (Lipinski definition) is 12. The van der Waals surface area contributed by atoms with Gasteiger partial charge in [-0.1, -0.05) is 35.8 Å². The van der Waals surface area contributed by atoms with Crippen molar-refractivity contribution in [2.75, 3.05) is 46.4 Å². The van der Waals surface area contributed by atoms with Crippen LogP contribution in [0.25, 0.3) is 11.1 Å². The van der Waals surface area contributed by atoms with E-state index in [4.69, 9.17) is 9.47 Å². The Balaban J connectivity index is 1.30. The number of nitrogens with zero attached hydrogens (tertiary/aromatic N) is 2. The number of benzene rings is 2. The van der Waals surface area contributed by atoms with E-state index >= 15 is 0 Å². The molecule has 2 aromatic rings. The van der Waals surface area contributed by atoms with Crippen molar-refractivity contribution in [2.45, 2.75) is 73.5 Å². The average molecular weight is 651 g/mol. The Morgan fingerprint density at radius 2 is 1.15 bits per heavy atom. The van der Waals surface area contributed by atoms with Crippen LogP contribution in [0.5, 0.6) is 0 Å². The summed E-state index contributed by atoms with van der Waals surface area (Å²) in [6, 6.07) is 11.7. The van der Waals surface area contributed by atoms with Crippen LogP contribution in [0, 0.1) is 23.7 Å². The molecule has 3 aliphatic heterocycles. The monoisotopic (exact) mass is 650 g/mol. The summed E-state index contributed by atoms with van der Waals surface area (Å²) in [5.74, 6) is 11.9. The Bertz CT molecular complexity index is 1550. The van der Waals surface area contributed by atoms with Crippen LogP contribution in [0.2, 0.25) is 0 Å². The molecule has 4 aliphatic rings. The van der Waals surface area contributed by atoms with Gasteiger partial charge in [0.2, 0.25) is 0 Å². The highest BCUT2D eigenvalue weighted by Crippen LogP contribution is 2.47. The van der Waals surface area contributed by atoms with Gasteiger partial charge in [-0.15, -0.1) is 0 Å². The van der Waals surface area contributed by atoms with E-state index in [1.165, 1.54) is 0 Å². The molecule has 1 unspecified atom stereocenters. The van der Waals surface area contributed by atoms with Crippen molar-refractivity contribution in [3.8, 4) is 34.8 Å². The van der Waals surface area contributed by atoms with Crippen molar-refractivity contribution in [1.82, 2.24) is 9.80 Å². The number of aliphatic hydroxyl groups is 8. The minimum Gasteiger partial charge on any atom is -0.396 e. The van der Waals surface area contributed by atoms with Crippen LogP contribution in [0.3, 0.4) is 0 Å². The molecule has 3 saturated heterocycles. The van der Waals surface area contributed by atoms with Gasteiger partial charge in [-0.05, 0) is 60.0 Å². The molecule has 0 bridgehead atoms. The predicted molar refractivity (Wildman–Crippen MR) is 169 cm³/mol. The zero-order valence-corrected chi connectivity index (χ0v) is 26.1. The number of hydrogen-bond donors (Lipinski definition) is 8. The van der Waals surface area contributed by atoms with Crippen LogP contribution in [0.4, 0.5) is 0 Å². The molecule has 3 fully saturated rings. The predicted octanol–water partition coefficient (Wildman–Crippen LogP) is -2.22. The van der Waals surface area contributed by atoms with E-state index in [1.807, 2.05) is 36.4 Å². The van der Waals surface area contributed by atoms with E-state index in [2.05, 4.69) is 40.5 Å². The van der Waals surface area contributed by atoms with Crippen molar-refractivity contribution >= 4 is 0 Å². The summed E-state index contributed by atoms with van der Waals surface area (Å²) in [6.07, 6.45) is -12.5. The number of rotatable bonds is 4. The van der Waals surface area contributed by atoms with Crippen LogP contribution in [-0.4, -0.2) is 158 Å². The summed E-state index contributed by atoms with van der Waals surface area (Å²) in [5, 5.41) is 80.6. The number of likely N-dealkylation sites (N-methyl/N-ethyl adjacent to an activating group) is 1. The molecule has 0 saturated carbocycles. The minimum atomic E-state index is -1.50. The van der Waals surface area contributed by atoms with Crippen molar-refractivity contribution in [3.05, 3.63) is 58.7 Å². The normalized spacial score (nSPS) is 35.6. The van der Waals surface area contributed by atoms with Crippen LogP contribution >= 0.6 is 0 Å². The van der Waals surface area contributed by atoms with E-state index in [0.717, 1.165) is 48.4 Å². The Hall–Kier alpha value is -2.92. The first-order valence-electron chi connectivity index (χ1n) is 16.0. The van der Waals surface area contributed by atoms with E-state index in [-0.39, 0.29) is 19.1 Å². The molecule has 0 spiro atoms. The second kappa shape index (κ2) is 14.3. The van der Waals surface area contributed by atoms with Gasteiger partial charge in [0.1, 0.15) is 54.9 Å². The minimum absolute atomic E-state index is 0.0908. The molecule has 47 heavy (non-hydrogen) atoms. The molecule has 1 aliphatic carbocycles. The van der Waals surface area contributed by atoms with Crippen molar-refractivity contribution in [3.63, 3.8) is 0 Å². The highest BCUT2D eigenvalue weighted by Gasteiger charge is 2.44. The SMILES string of the molecule is CN1CCN(C2c3cc(C#C[C@H]4O[C@H](CO)[C@@H](O)[C@H](O)[C@@H]4O)ccc3-c3ccc(C#C[C@H]4O[C@H](CCO)[C@@H](O)[C@H](O)[C@@H]4O)cc32)CC1. The van der Waals surface area contributed by atoms with E-state index < -0.39 is 67.6 Å². The second-order valence-corrected chi connectivity index (χ2v) is 12.7. The summed E-state index contributed by atoms with van der Waals surface area (Å²) in [6.45, 7) is 2.71. The summed E-state index contributed by atoms with van der Waals surface area (Å²) in [7, 11) is 2.09. The highest BCUT2D eigenvalue weighted by atomic mass is 16.5. The maximum atomic E-state index is 10.5. The van der Waals surface area contributed by atoms with E-state index in [1.54, 1.807) is 0 Å². The standard InChI is InChI=1S/C35H42N2O10/c1-36-11-13-37(14-12-36)29-23-16-19(4-8-25-30(40)34(44)32(42)27(46-25)10-15-38)2-6-21(23)22-7-3-20(17-24(22)29)5-9-26-31(41)35(45)33(43)28(18-39)47-26/h2-3,6-7,16-17,25-35,38-45H,10-15,18H2,1H3/t25-,26-,27-,28-,29?,30-,31-,32-,33-,34-,35-/m1/s1. The lowest BCUT2D eigenvalue weighted by atomic mass is 9.93. The first-order valence-corrected chi connectivity index (χ1v) is 16.0. The fourth-order valence-electron chi connectivity index (χ4n) is 6.83. The third-order valence-corrected chi connectivity index (χ3v) is 9.62. The molecule has 0 aromatic heterocycles. The van der Waals surface area contributed by atoms with Crippen LogP contribution in [-0.2, 0) is 9.47 Å². The Morgan fingerprint density at radius 3 is 1.64 bits per heavy atom. The third-order valence-electron chi connectivity index (χ3n) is 9.62. The molecule has 0 radical (unpaired) electrons. The number of piperazine rings is 1.